The summed E-state index contributed by atoms with van der Waals surface area (Å²) in [5, 5.41) is 20.3. The highest BCUT2D eigenvalue weighted by atomic mass is 35.5. The lowest BCUT2D eigenvalue weighted by Gasteiger charge is -2.38. The highest BCUT2D eigenvalue weighted by Gasteiger charge is 2.37. The third-order valence-electron chi connectivity index (χ3n) is 6.33. The van der Waals surface area contributed by atoms with Gasteiger partial charge in [-0.25, -0.2) is 13.7 Å². The number of hydrogen-bond donors (Lipinski definition) is 3. The van der Waals surface area contributed by atoms with Gasteiger partial charge in [-0.05, 0) is 52.0 Å². The predicted octanol–water partition coefficient (Wildman–Crippen LogP) is 4.03. The fourth-order valence-corrected chi connectivity index (χ4v) is 5.59. The van der Waals surface area contributed by atoms with Crippen LogP contribution < -0.4 is 4.72 Å². The molecule has 0 bridgehead atoms. The summed E-state index contributed by atoms with van der Waals surface area (Å²) >= 11 is 12.3. The number of likely N-dealkylation sites (tertiary alicyclic amines) is 2. The van der Waals surface area contributed by atoms with E-state index < -0.39 is 27.9 Å². The molecule has 3 atom stereocenters. The Morgan fingerprint density at radius 1 is 1.09 bits per heavy atom. The molecular weight excluding hydrogens is 489 g/mol. The number of phenolic OH excluding ortho intramolecular Hbond substituents is 1. The van der Waals surface area contributed by atoms with Crippen molar-refractivity contribution in [3.8, 4) is 5.75 Å². The summed E-state index contributed by atoms with van der Waals surface area (Å²) in [5.74, 6) is -0.343. The van der Waals surface area contributed by atoms with Gasteiger partial charge in [0.25, 0.3) is 0 Å². The van der Waals surface area contributed by atoms with Crippen LogP contribution in [0.15, 0.2) is 12.1 Å². The first-order valence-electron chi connectivity index (χ1n) is 11.0. The molecule has 8 nitrogen and oxygen atoms in total. The molecule has 0 radical (unpaired) electrons. The second kappa shape index (κ2) is 10.4. The topological polar surface area (TPSA) is 110 Å². The molecule has 0 saturated carbocycles. The van der Waals surface area contributed by atoms with Crippen molar-refractivity contribution in [1.82, 2.24) is 14.5 Å². The quantitative estimate of drug-likeness (QED) is 0.543. The SMILES string of the molecule is CC(C)(C)S(=O)NC(c1cc(Cl)c(Cl)cc1O)C1CCN(C(=O)[C@H]2CCN(C(=O)O)C2)CC1. The van der Waals surface area contributed by atoms with E-state index in [9.17, 15) is 18.9 Å². The Balaban J connectivity index is 1.74. The standard InChI is InChI=1S/C22H31Cl2N3O5S/c1-22(2,3)33(32)25-19(15-10-16(23)17(24)11-18(15)28)13-4-7-26(8-5-13)20(29)14-6-9-27(12-14)21(30)31/h10-11,13-14,19,25,28H,4-9,12H2,1-3H3,(H,30,31)/t14-,19?,33?/m0/s1. The smallest absolute Gasteiger partial charge is 0.407 e. The van der Waals surface area contributed by atoms with Crippen LogP contribution in [0.2, 0.25) is 10.0 Å². The van der Waals surface area contributed by atoms with Crippen LogP contribution in [0.25, 0.3) is 0 Å². The number of halogens is 2. The van der Waals surface area contributed by atoms with Crippen LogP contribution in [0.4, 0.5) is 4.79 Å². The Morgan fingerprint density at radius 2 is 1.67 bits per heavy atom. The number of amides is 2. The number of piperidine rings is 1. The number of aromatic hydroxyl groups is 1. The number of carbonyl (C=O) groups is 2. The Bertz CT molecular complexity index is 931. The molecule has 3 N–H and O–H groups in total. The molecule has 2 heterocycles. The van der Waals surface area contributed by atoms with E-state index in [4.69, 9.17) is 28.3 Å². The minimum absolute atomic E-state index is 0.00240. The Kier molecular flexibility index (Phi) is 8.19. The van der Waals surface area contributed by atoms with E-state index in [2.05, 4.69) is 4.72 Å². The van der Waals surface area contributed by atoms with Gasteiger partial charge in [0.2, 0.25) is 5.91 Å². The molecule has 2 amide bonds. The van der Waals surface area contributed by atoms with E-state index in [0.717, 1.165) is 0 Å². The molecule has 2 aliphatic heterocycles. The van der Waals surface area contributed by atoms with Crippen molar-refractivity contribution >= 4 is 46.2 Å². The minimum atomic E-state index is -1.40. The molecule has 1 aromatic rings. The molecule has 2 aliphatic rings. The van der Waals surface area contributed by atoms with E-state index in [1.807, 2.05) is 20.8 Å². The van der Waals surface area contributed by atoms with Crippen molar-refractivity contribution in [1.29, 1.82) is 0 Å². The zero-order chi connectivity index (χ0) is 24.5. The second-order valence-corrected chi connectivity index (χ2v) is 12.5. The van der Waals surface area contributed by atoms with Crippen molar-refractivity contribution in [3.05, 3.63) is 27.7 Å². The number of benzene rings is 1. The van der Waals surface area contributed by atoms with Gasteiger partial charge >= 0.3 is 6.09 Å². The monoisotopic (exact) mass is 519 g/mol. The van der Waals surface area contributed by atoms with Crippen molar-refractivity contribution in [3.63, 3.8) is 0 Å². The van der Waals surface area contributed by atoms with Crippen LogP contribution in [-0.4, -0.2) is 67.1 Å². The number of nitrogens with one attached hydrogen (secondary N) is 1. The van der Waals surface area contributed by atoms with Crippen LogP contribution in [0, 0.1) is 11.8 Å². The average molecular weight is 520 g/mol. The maximum absolute atomic E-state index is 12.9. The molecule has 2 saturated heterocycles. The first kappa shape index (κ1) is 26.1. The number of carbonyl (C=O) groups excluding carboxylic acids is 1. The molecule has 0 aliphatic carbocycles. The summed E-state index contributed by atoms with van der Waals surface area (Å²) in [6, 6.07) is 2.56. The normalized spacial score (nSPS) is 21.8. The van der Waals surface area contributed by atoms with Gasteiger partial charge in [-0.15, -0.1) is 0 Å². The van der Waals surface area contributed by atoms with Crippen molar-refractivity contribution in [2.75, 3.05) is 26.2 Å². The van der Waals surface area contributed by atoms with Crippen molar-refractivity contribution in [2.24, 2.45) is 11.8 Å². The van der Waals surface area contributed by atoms with Gasteiger partial charge in [-0.2, -0.15) is 0 Å². The first-order chi connectivity index (χ1) is 15.4. The van der Waals surface area contributed by atoms with E-state index in [1.54, 1.807) is 11.0 Å². The Morgan fingerprint density at radius 3 is 2.21 bits per heavy atom. The second-order valence-electron chi connectivity index (χ2n) is 9.68. The molecule has 1 aromatic carbocycles. The van der Waals surface area contributed by atoms with Gasteiger partial charge in [-0.3, -0.25) is 4.79 Å². The maximum atomic E-state index is 12.9. The van der Waals surface area contributed by atoms with Crippen LogP contribution >= 0.6 is 23.2 Å². The average Bonchev–Trinajstić information content (AvgIpc) is 3.24. The lowest BCUT2D eigenvalue weighted by atomic mass is 9.85. The third kappa shape index (κ3) is 6.12. The third-order valence-corrected chi connectivity index (χ3v) is 8.63. The zero-order valence-corrected chi connectivity index (χ0v) is 21.3. The van der Waals surface area contributed by atoms with Crippen LogP contribution in [0.1, 0.15) is 51.6 Å². The fourth-order valence-electron chi connectivity index (χ4n) is 4.35. The maximum Gasteiger partial charge on any atom is 0.407 e. The predicted molar refractivity (Wildman–Crippen MR) is 129 cm³/mol. The largest absolute Gasteiger partial charge is 0.508 e. The van der Waals surface area contributed by atoms with Gasteiger partial charge in [0.1, 0.15) is 5.75 Å². The summed E-state index contributed by atoms with van der Waals surface area (Å²) in [6.07, 6.45) is 0.822. The summed E-state index contributed by atoms with van der Waals surface area (Å²) in [7, 11) is -1.40. The minimum Gasteiger partial charge on any atom is -0.508 e. The number of rotatable bonds is 5. The van der Waals surface area contributed by atoms with Gasteiger partial charge < -0.3 is 20.0 Å². The highest BCUT2D eigenvalue weighted by molar-refractivity contribution is 7.84. The Labute approximate surface area is 206 Å². The lowest BCUT2D eigenvalue weighted by molar-refractivity contribution is -0.136. The molecule has 0 spiro atoms. The molecular formula is C22H31Cl2N3O5S. The molecule has 2 fully saturated rings. The molecule has 2 unspecified atom stereocenters. The summed E-state index contributed by atoms with van der Waals surface area (Å²) in [4.78, 5) is 27.2. The van der Waals surface area contributed by atoms with E-state index in [-0.39, 0.29) is 35.1 Å². The number of phenols is 1. The van der Waals surface area contributed by atoms with Gasteiger partial charge in [0.15, 0.2) is 0 Å². The summed E-state index contributed by atoms with van der Waals surface area (Å²) < 4.78 is 15.6. The van der Waals surface area contributed by atoms with Crippen LogP contribution in [0.5, 0.6) is 5.75 Å². The van der Waals surface area contributed by atoms with E-state index >= 15 is 0 Å². The van der Waals surface area contributed by atoms with Gasteiger partial charge in [-0.1, -0.05) is 23.2 Å². The van der Waals surface area contributed by atoms with Crippen molar-refractivity contribution in [2.45, 2.75) is 50.8 Å². The molecule has 0 aromatic heterocycles. The first-order valence-corrected chi connectivity index (χ1v) is 12.9. The fraction of sp³-hybridized carbons (Fsp3) is 0.636. The Hall–Kier alpha value is -1.55. The molecule has 33 heavy (non-hydrogen) atoms. The van der Waals surface area contributed by atoms with Gasteiger partial charge in [0.05, 0.1) is 37.7 Å². The molecule has 184 valence electrons. The number of carboxylic acid groups (broad SMARTS) is 1. The number of hydrogen-bond acceptors (Lipinski definition) is 4. The summed E-state index contributed by atoms with van der Waals surface area (Å²) in [5.41, 5.74) is 0.527. The molecule has 3 rings (SSSR count). The summed E-state index contributed by atoms with van der Waals surface area (Å²) in [6.45, 7) is 7.23. The van der Waals surface area contributed by atoms with E-state index in [0.29, 0.717) is 49.5 Å². The van der Waals surface area contributed by atoms with Crippen molar-refractivity contribution < 1.29 is 24.0 Å². The van der Waals surface area contributed by atoms with Crippen LogP contribution in [0.3, 0.4) is 0 Å². The lowest BCUT2D eigenvalue weighted by Crippen LogP contribution is -2.46. The van der Waals surface area contributed by atoms with Gasteiger partial charge in [0, 0.05) is 37.8 Å². The molecule has 11 heteroatoms. The number of nitrogens with zero attached hydrogens (tertiary/aromatic N) is 2. The highest BCUT2D eigenvalue weighted by Crippen LogP contribution is 2.40. The van der Waals surface area contributed by atoms with Crippen LogP contribution in [-0.2, 0) is 15.8 Å². The van der Waals surface area contributed by atoms with E-state index in [1.165, 1.54) is 11.0 Å². The zero-order valence-electron chi connectivity index (χ0n) is 19.0.